The number of alkyl halides is 1. The zero-order valence-corrected chi connectivity index (χ0v) is 13.8. The molecule has 3 rings (SSSR count). The molecule has 0 saturated heterocycles. The fourth-order valence-electron chi connectivity index (χ4n) is 2.65. The Kier molecular flexibility index (Phi) is 4.05. The van der Waals surface area contributed by atoms with Crippen LogP contribution in [0.25, 0.3) is 0 Å². The lowest BCUT2D eigenvalue weighted by atomic mass is 9.99. The summed E-state index contributed by atoms with van der Waals surface area (Å²) >= 11 is 8.35. The van der Waals surface area contributed by atoms with Crippen LogP contribution in [-0.4, -0.2) is 12.5 Å². The van der Waals surface area contributed by atoms with Gasteiger partial charge in [0.15, 0.2) is 0 Å². The van der Waals surface area contributed by atoms with Crippen molar-refractivity contribution in [3.8, 4) is 0 Å². The third-order valence-electron chi connectivity index (χ3n) is 4.01. The van der Waals surface area contributed by atoms with Gasteiger partial charge in [0.2, 0.25) is 0 Å². The number of amides is 1. The Morgan fingerprint density at radius 1 is 1.29 bits per heavy atom. The van der Waals surface area contributed by atoms with Gasteiger partial charge in [-0.15, -0.1) is 22.9 Å². The van der Waals surface area contributed by atoms with E-state index in [0.29, 0.717) is 0 Å². The van der Waals surface area contributed by atoms with Crippen LogP contribution < -0.4 is 5.32 Å². The molecule has 2 aromatic rings. The first kappa shape index (κ1) is 14.6. The number of hydrogen-bond acceptors (Lipinski definition) is 2. The molecule has 0 spiro atoms. The van der Waals surface area contributed by atoms with Crippen LogP contribution in [0, 0.1) is 13.8 Å². The summed E-state index contributed by atoms with van der Waals surface area (Å²) in [5, 5.41) is 2.75. The normalized spacial score (nSPS) is 16.0. The van der Waals surface area contributed by atoms with Gasteiger partial charge in [-0.05, 0) is 55.5 Å². The molecule has 110 valence electrons. The van der Waals surface area contributed by atoms with Crippen LogP contribution in [0.15, 0.2) is 24.3 Å². The summed E-state index contributed by atoms with van der Waals surface area (Å²) in [7, 11) is 0. The molecule has 1 aliphatic rings. The van der Waals surface area contributed by atoms with Gasteiger partial charge in [-0.1, -0.05) is 12.1 Å². The Balaban J connectivity index is 1.97. The summed E-state index contributed by atoms with van der Waals surface area (Å²) < 4.78 is 0. The molecule has 0 aliphatic carbocycles. The number of fused-ring (bicyclic) bond motifs is 1. The number of nitrogens with one attached hydrogen (secondary N) is 1. The first-order chi connectivity index (χ1) is 10.1. The van der Waals surface area contributed by atoms with Gasteiger partial charge in [0, 0.05) is 21.9 Å². The topological polar surface area (TPSA) is 29.1 Å². The van der Waals surface area contributed by atoms with Crippen molar-refractivity contribution in [1.29, 1.82) is 0 Å². The van der Waals surface area contributed by atoms with Crippen molar-refractivity contribution in [3.63, 3.8) is 0 Å². The molecule has 1 N–H and O–H groups in total. The van der Waals surface area contributed by atoms with Gasteiger partial charge in [-0.2, -0.15) is 0 Å². The standard InChI is InChI=1S/C17H18ClNOS/c1-10-8-15(21-11(10)2)16(18)13-6-5-12-4-3-7-19-17(20)14(12)9-13/h5-6,8-9,16H,3-4,7H2,1-2H3,(H,19,20). The Morgan fingerprint density at radius 2 is 2.10 bits per heavy atom. The van der Waals surface area contributed by atoms with Crippen LogP contribution in [0.4, 0.5) is 0 Å². The van der Waals surface area contributed by atoms with Gasteiger partial charge in [0.25, 0.3) is 5.91 Å². The van der Waals surface area contributed by atoms with Gasteiger partial charge in [0.05, 0.1) is 5.38 Å². The average molecular weight is 320 g/mol. The molecule has 21 heavy (non-hydrogen) atoms. The molecule has 1 aliphatic heterocycles. The smallest absolute Gasteiger partial charge is 0.251 e. The minimum Gasteiger partial charge on any atom is -0.352 e. The van der Waals surface area contributed by atoms with Crippen molar-refractivity contribution in [3.05, 3.63) is 56.3 Å². The van der Waals surface area contributed by atoms with E-state index >= 15 is 0 Å². The number of hydrogen-bond donors (Lipinski definition) is 1. The van der Waals surface area contributed by atoms with Crippen molar-refractivity contribution >= 4 is 28.8 Å². The lowest BCUT2D eigenvalue weighted by Crippen LogP contribution is -2.22. The number of benzene rings is 1. The van der Waals surface area contributed by atoms with Crippen molar-refractivity contribution in [1.82, 2.24) is 5.32 Å². The van der Waals surface area contributed by atoms with E-state index < -0.39 is 0 Å². The molecule has 0 fully saturated rings. The Morgan fingerprint density at radius 3 is 2.81 bits per heavy atom. The summed E-state index contributed by atoms with van der Waals surface area (Å²) in [6.07, 6.45) is 1.93. The summed E-state index contributed by atoms with van der Waals surface area (Å²) in [4.78, 5) is 14.6. The van der Waals surface area contributed by atoms with E-state index in [2.05, 4.69) is 37.4 Å². The predicted octanol–water partition coefficient (Wildman–Crippen LogP) is 4.37. The van der Waals surface area contributed by atoms with Crippen molar-refractivity contribution < 1.29 is 4.79 Å². The zero-order valence-electron chi connectivity index (χ0n) is 12.2. The quantitative estimate of drug-likeness (QED) is 0.818. The van der Waals surface area contributed by atoms with Crippen LogP contribution in [0.5, 0.6) is 0 Å². The van der Waals surface area contributed by atoms with E-state index in [1.54, 1.807) is 11.3 Å². The van der Waals surface area contributed by atoms with Gasteiger partial charge < -0.3 is 5.32 Å². The second kappa shape index (κ2) is 5.82. The third-order valence-corrected chi connectivity index (χ3v) is 5.85. The number of rotatable bonds is 2. The largest absolute Gasteiger partial charge is 0.352 e. The number of halogens is 1. The lowest BCUT2D eigenvalue weighted by Gasteiger charge is -2.11. The highest BCUT2D eigenvalue weighted by molar-refractivity contribution is 7.12. The van der Waals surface area contributed by atoms with Crippen LogP contribution in [0.1, 0.15) is 48.6 Å². The SMILES string of the molecule is Cc1cc(C(Cl)c2ccc3c(c2)C(=O)NCCC3)sc1C. The van der Waals surface area contributed by atoms with Gasteiger partial charge >= 0.3 is 0 Å². The Hall–Kier alpha value is -1.32. The summed E-state index contributed by atoms with van der Waals surface area (Å²) in [6, 6.07) is 8.21. The summed E-state index contributed by atoms with van der Waals surface area (Å²) in [6.45, 7) is 4.96. The molecule has 4 heteroatoms. The third kappa shape index (κ3) is 2.85. The van der Waals surface area contributed by atoms with Crippen LogP contribution in [0.3, 0.4) is 0 Å². The second-order valence-electron chi connectivity index (χ2n) is 5.53. The molecule has 1 aromatic heterocycles. The predicted molar refractivity (Wildman–Crippen MR) is 88.6 cm³/mol. The maximum Gasteiger partial charge on any atom is 0.251 e. The first-order valence-electron chi connectivity index (χ1n) is 7.18. The highest BCUT2D eigenvalue weighted by atomic mass is 35.5. The molecule has 0 bridgehead atoms. The van der Waals surface area contributed by atoms with Gasteiger partial charge in [-0.25, -0.2) is 0 Å². The first-order valence-corrected chi connectivity index (χ1v) is 8.43. The summed E-state index contributed by atoms with van der Waals surface area (Å²) in [5.74, 6) is 0.0201. The van der Waals surface area contributed by atoms with E-state index in [1.807, 2.05) is 6.07 Å². The van der Waals surface area contributed by atoms with E-state index in [9.17, 15) is 4.79 Å². The number of carbonyl (C=O) groups excluding carboxylic acids is 1. The molecule has 1 unspecified atom stereocenters. The summed E-state index contributed by atoms with van der Waals surface area (Å²) in [5.41, 5.74) is 4.17. The van der Waals surface area contributed by atoms with E-state index in [0.717, 1.165) is 41.0 Å². The second-order valence-corrected chi connectivity index (χ2v) is 7.25. The molecule has 2 nitrogen and oxygen atoms in total. The molecular weight excluding hydrogens is 302 g/mol. The van der Waals surface area contributed by atoms with Crippen LogP contribution in [-0.2, 0) is 6.42 Å². The molecular formula is C17H18ClNOS. The van der Waals surface area contributed by atoms with Crippen molar-refractivity contribution in [2.45, 2.75) is 32.1 Å². The molecule has 0 saturated carbocycles. The average Bonchev–Trinajstić information content (AvgIpc) is 2.70. The minimum absolute atomic E-state index is 0.0201. The molecule has 1 atom stereocenters. The monoisotopic (exact) mass is 319 g/mol. The highest BCUT2D eigenvalue weighted by Crippen LogP contribution is 2.36. The molecule has 0 radical (unpaired) electrons. The lowest BCUT2D eigenvalue weighted by molar-refractivity contribution is 0.0956. The number of aryl methyl sites for hydroxylation is 3. The van der Waals surface area contributed by atoms with Crippen LogP contribution >= 0.6 is 22.9 Å². The van der Waals surface area contributed by atoms with Gasteiger partial charge in [0.1, 0.15) is 0 Å². The maximum atomic E-state index is 12.1. The van der Waals surface area contributed by atoms with E-state index in [-0.39, 0.29) is 11.3 Å². The number of carbonyl (C=O) groups is 1. The zero-order chi connectivity index (χ0) is 15.0. The Bertz CT molecular complexity index is 673. The minimum atomic E-state index is -0.191. The molecule has 1 amide bonds. The van der Waals surface area contributed by atoms with Crippen molar-refractivity contribution in [2.75, 3.05) is 6.54 Å². The Labute approximate surface area is 134 Å². The van der Waals surface area contributed by atoms with E-state index in [4.69, 9.17) is 11.6 Å². The molecule has 1 aromatic carbocycles. The van der Waals surface area contributed by atoms with Crippen molar-refractivity contribution in [2.24, 2.45) is 0 Å². The highest BCUT2D eigenvalue weighted by Gasteiger charge is 2.19. The van der Waals surface area contributed by atoms with Gasteiger partial charge in [-0.3, -0.25) is 4.79 Å². The molecule has 2 heterocycles. The maximum absolute atomic E-state index is 12.1. The fraction of sp³-hybridized carbons (Fsp3) is 0.353. The van der Waals surface area contributed by atoms with E-state index in [1.165, 1.54) is 10.4 Å². The van der Waals surface area contributed by atoms with Crippen LogP contribution in [0.2, 0.25) is 0 Å². The fourth-order valence-corrected chi connectivity index (χ4v) is 4.03. The number of thiophene rings is 1.